The number of hydrogen-bond donors (Lipinski definition) is 3. The lowest BCUT2D eigenvalue weighted by Gasteiger charge is -2.37. The van der Waals surface area contributed by atoms with Crippen molar-refractivity contribution in [2.24, 2.45) is 5.73 Å². The van der Waals surface area contributed by atoms with Crippen LogP contribution in [-0.4, -0.2) is 49.6 Å². The van der Waals surface area contributed by atoms with E-state index in [9.17, 15) is 5.11 Å². The van der Waals surface area contributed by atoms with Crippen LogP contribution in [0.1, 0.15) is 18.4 Å². The van der Waals surface area contributed by atoms with E-state index in [1.807, 2.05) is 36.4 Å². The Morgan fingerprint density at radius 3 is 2.71 bits per heavy atom. The Labute approximate surface area is 130 Å². The normalized spacial score (nSPS) is 17.5. The van der Waals surface area contributed by atoms with Crippen LogP contribution in [0.25, 0.3) is 0 Å². The molecule has 0 aliphatic carbocycles. The summed E-state index contributed by atoms with van der Waals surface area (Å²) in [4.78, 5) is 2.97. The van der Waals surface area contributed by atoms with Crippen molar-refractivity contribution in [1.82, 2.24) is 0 Å². The van der Waals surface area contributed by atoms with E-state index in [4.69, 9.17) is 15.9 Å². The Morgan fingerprint density at radius 1 is 1.48 bits per heavy atom. The van der Waals surface area contributed by atoms with Gasteiger partial charge in [-0.2, -0.15) is 0 Å². The van der Waals surface area contributed by atoms with Crippen LogP contribution in [-0.2, 0) is 4.74 Å². The lowest BCUT2D eigenvalue weighted by molar-refractivity contribution is -0.0572. The van der Waals surface area contributed by atoms with Gasteiger partial charge in [0.15, 0.2) is 0 Å². The fraction of sp³-hybridized carbons (Fsp3) is 0.533. The molecule has 0 spiro atoms. The van der Waals surface area contributed by atoms with E-state index in [2.05, 4.69) is 0 Å². The first-order valence-electron chi connectivity index (χ1n) is 6.99. The molecule has 21 heavy (non-hydrogen) atoms. The molecule has 1 aliphatic heterocycles. The summed E-state index contributed by atoms with van der Waals surface area (Å²) in [7, 11) is 1.93. The van der Waals surface area contributed by atoms with Crippen LogP contribution in [0, 0.1) is 5.41 Å². The van der Waals surface area contributed by atoms with Crippen molar-refractivity contribution in [3.05, 3.63) is 23.8 Å². The van der Waals surface area contributed by atoms with Crippen molar-refractivity contribution in [2.45, 2.75) is 23.3 Å². The molecular formula is C15H23N3O2S. The molecule has 0 radical (unpaired) electrons. The van der Waals surface area contributed by atoms with Gasteiger partial charge in [-0.05, 0) is 18.4 Å². The number of benzene rings is 1. The van der Waals surface area contributed by atoms with Crippen LogP contribution in [0.3, 0.4) is 0 Å². The number of thioether (sulfide) groups is 1. The predicted octanol–water partition coefficient (Wildman–Crippen LogP) is 1.67. The van der Waals surface area contributed by atoms with E-state index in [0.29, 0.717) is 32.6 Å². The number of aliphatic hydroxyl groups is 1. The van der Waals surface area contributed by atoms with Gasteiger partial charge in [-0.25, -0.2) is 0 Å². The summed E-state index contributed by atoms with van der Waals surface area (Å²) in [5.74, 6) is 0.0563. The van der Waals surface area contributed by atoms with Crippen LogP contribution in [0.15, 0.2) is 23.1 Å². The molecule has 1 saturated heterocycles. The van der Waals surface area contributed by atoms with Crippen LogP contribution in [0.5, 0.6) is 0 Å². The van der Waals surface area contributed by atoms with Gasteiger partial charge in [-0.1, -0.05) is 6.07 Å². The summed E-state index contributed by atoms with van der Waals surface area (Å²) in [6, 6.07) is 5.86. The molecule has 2 rings (SSSR count). The van der Waals surface area contributed by atoms with Gasteiger partial charge >= 0.3 is 0 Å². The second-order valence-electron chi connectivity index (χ2n) is 5.46. The van der Waals surface area contributed by atoms with Gasteiger partial charge in [0.1, 0.15) is 5.84 Å². The summed E-state index contributed by atoms with van der Waals surface area (Å²) in [6.45, 7) is 1.69. The predicted molar refractivity (Wildman–Crippen MR) is 87.5 cm³/mol. The fourth-order valence-corrected chi connectivity index (χ4v) is 3.35. The third-order valence-corrected chi connectivity index (χ3v) is 4.64. The average Bonchev–Trinajstić information content (AvgIpc) is 2.46. The summed E-state index contributed by atoms with van der Waals surface area (Å²) in [5.41, 5.74) is 6.64. The first-order chi connectivity index (χ1) is 9.97. The molecule has 0 amide bonds. The highest BCUT2D eigenvalue weighted by Crippen LogP contribution is 2.31. The maximum atomic E-state index is 10.6. The minimum Gasteiger partial charge on any atom is -0.388 e. The van der Waals surface area contributed by atoms with Gasteiger partial charge < -0.3 is 20.5 Å². The van der Waals surface area contributed by atoms with Crippen LogP contribution in [0.2, 0.25) is 0 Å². The zero-order chi connectivity index (χ0) is 15.5. The summed E-state index contributed by atoms with van der Waals surface area (Å²) < 4.78 is 5.31. The van der Waals surface area contributed by atoms with Crippen LogP contribution in [0.4, 0.5) is 5.69 Å². The minimum atomic E-state index is -0.740. The SMILES string of the molecule is CSc1cccc(N(C)CC2(O)CCOCC2)c1C(=N)N. The zero-order valence-electron chi connectivity index (χ0n) is 12.6. The molecule has 0 atom stereocenters. The number of nitrogens with one attached hydrogen (secondary N) is 1. The molecule has 0 aromatic heterocycles. The van der Waals surface area contributed by atoms with E-state index >= 15 is 0 Å². The Bertz CT molecular complexity index is 516. The van der Waals surface area contributed by atoms with E-state index in [1.54, 1.807) is 11.8 Å². The van der Waals surface area contributed by atoms with Gasteiger partial charge in [-0.3, -0.25) is 5.41 Å². The van der Waals surface area contributed by atoms with Crippen molar-refractivity contribution in [3.63, 3.8) is 0 Å². The number of rotatable bonds is 5. The minimum absolute atomic E-state index is 0.0563. The zero-order valence-corrected chi connectivity index (χ0v) is 13.4. The molecule has 0 saturated carbocycles. The number of likely N-dealkylation sites (N-methyl/N-ethyl adjacent to an activating group) is 1. The van der Waals surface area contributed by atoms with Crippen LogP contribution >= 0.6 is 11.8 Å². The number of nitrogens with zero attached hydrogens (tertiary/aromatic N) is 1. The lowest BCUT2D eigenvalue weighted by atomic mass is 9.93. The van der Waals surface area contributed by atoms with E-state index in [1.165, 1.54) is 0 Å². The van der Waals surface area contributed by atoms with Crippen molar-refractivity contribution in [1.29, 1.82) is 5.41 Å². The third kappa shape index (κ3) is 3.70. The van der Waals surface area contributed by atoms with Crippen LogP contribution < -0.4 is 10.6 Å². The monoisotopic (exact) mass is 309 g/mol. The Kier molecular flexibility index (Phi) is 5.13. The van der Waals surface area contributed by atoms with Gasteiger partial charge in [0.2, 0.25) is 0 Å². The molecule has 1 aromatic rings. The quantitative estimate of drug-likeness (QED) is 0.438. The maximum Gasteiger partial charge on any atom is 0.126 e. The Morgan fingerprint density at radius 2 is 2.14 bits per heavy atom. The average molecular weight is 309 g/mol. The standard InChI is InChI=1S/C15H23N3O2S/c1-18(10-15(19)6-8-20-9-7-15)11-4-3-5-12(21-2)13(11)14(16)17/h3-5,19H,6-10H2,1-2H3,(H3,16,17). The van der Waals surface area contributed by atoms with Crippen molar-refractivity contribution in [2.75, 3.05) is 38.0 Å². The first kappa shape index (κ1) is 16.1. The number of nitrogens with two attached hydrogens (primary N) is 1. The van der Waals surface area contributed by atoms with Gasteiger partial charge in [0.05, 0.1) is 11.2 Å². The van der Waals surface area contributed by atoms with E-state index in [-0.39, 0.29) is 5.84 Å². The highest BCUT2D eigenvalue weighted by atomic mass is 32.2. The van der Waals surface area contributed by atoms with E-state index < -0.39 is 5.60 Å². The van der Waals surface area contributed by atoms with Crippen molar-refractivity contribution in [3.8, 4) is 0 Å². The molecule has 0 bridgehead atoms. The maximum absolute atomic E-state index is 10.6. The molecule has 1 fully saturated rings. The third-order valence-electron chi connectivity index (χ3n) is 3.86. The summed E-state index contributed by atoms with van der Waals surface area (Å²) in [6.07, 6.45) is 3.24. The van der Waals surface area contributed by atoms with Crippen molar-refractivity contribution >= 4 is 23.3 Å². The van der Waals surface area contributed by atoms with Gasteiger partial charge in [-0.15, -0.1) is 11.8 Å². The molecule has 5 nitrogen and oxygen atoms in total. The largest absolute Gasteiger partial charge is 0.388 e. The molecule has 4 N–H and O–H groups in total. The molecule has 0 unspecified atom stereocenters. The smallest absolute Gasteiger partial charge is 0.126 e. The topological polar surface area (TPSA) is 82.6 Å². The molecule has 6 heteroatoms. The highest BCUT2D eigenvalue weighted by molar-refractivity contribution is 7.98. The van der Waals surface area contributed by atoms with E-state index in [0.717, 1.165) is 16.1 Å². The Balaban J connectivity index is 2.26. The molecular weight excluding hydrogens is 286 g/mol. The number of hydrogen-bond acceptors (Lipinski definition) is 5. The fourth-order valence-electron chi connectivity index (χ4n) is 2.71. The first-order valence-corrected chi connectivity index (χ1v) is 8.22. The van der Waals surface area contributed by atoms with Gasteiger partial charge in [0.25, 0.3) is 0 Å². The Hall–Kier alpha value is -1.24. The van der Waals surface area contributed by atoms with Gasteiger partial charge in [0, 0.05) is 50.2 Å². The number of amidine groups is 1. The molecule has 1 aliphatic rings. The lowest BCUT2D eigenvalue weighted by Crippen LogP contribution is -2.46. The highest BCUT2D eigenvalue weighted by Gasteiger charge is 2.31. The van der Waals surface area contributed by atoms with Crippen molar-refractivity contribution < 1.29 is 9.84 Å². The summed E-state index contributed by atoms with van der Waals surface area (Å²) in [5, 5.41) is 18.5. The number of ether oxygens (including phenoxy) is 1. The molecule has 1 heterocycles. The second kappa shape index (κ2) is 6.68. The molecule has 116 valence electrons. The summed E-state index contributed by atoms with van der Waals surface area (Å²) >= 11 is 1.57. The number of anilines is 1. The molecule has 1 aromatic carbocycles. The number of nitrogen functional groups attached to an aromatic ring is 1. The second-order valence-corrected chi connectivity index (χ2v) is 6.31.